The molecule has 1 heterocycles. The molecule has 1 unspecified atom stereocenters. The van der Waals surface area contributed by atoms with Gasteiger partial charge in [0, 0.05) is 18.0 Å². The monoisotopic (exact) mass is 559 g/mol. The first kappa shape index (κ1) is 28.7. The molecule has 1 aromatic carbocycles. The maximum atomic E-state index is 14.0. The minimum absolute atomic E-state index is 0.0159. The maximum Gasteiger partial charge on any atom is 0.316 e. The standard InChI is InChI=1S/C36H50N2O3/c1-33(2,3)26-20-25(21-27(22-26)34(4)11-12-34)28-23-30(38(5)29(28)19-24-9-7-6-8-10-24)31(39)37-36-16-13-35(14-17-36,15-18-36)32(40)41/h20-24,28H,6-19H2,1-5H3,(H-,37,39,40,41)/p+1. The number of benzene rings is 1. The molecule has 1 aromatic rings. The van der Waals surface area contributed by atoms with E-state index < -0.39 is 11.4 Å². The predicted molar refractivity (Wildman–Crippen MR) is 164 cm³/mol. The molecule has 222 valence electrons. The number of carbonyl (C=O) groups excluding carboxylic acids is 1. The fourth-order valence-corrected chi connectivity index (χ4v) is 8.28. The fourth-order valence-electron chi connectivity index (χ4n) is 8.28. The highest BCUT2D eigenvalue weighted by Crippen LogP contribution is 2.53. The number of hydrogen-bond acceptors (Lipinski definition) is 2. The van der Waals surface area contributed by atoms with Crippen LogP contribution in [-0.4, -0.2) is 39.9 Å². The van der Waals surface area contributed by atoms with E-state index in [2.05, 4.69) is 68.9 Å². The van der Waals surface area contributed by atoms with Crippen molar-refractivity contribution in [1.29, 1.82) is 0 Å². The number of amides is 1. The second-order valence-corrected chi connectivity index (χ2v) is 15.8. The largest absolute Gasteiger partial charge is 0.481 e. The van der Waals surface area contributed by atoms with Crippen LogP contribution in [0.15, 0.2) is 30.0 Å². The van der Waals surface area contributed by atoms with Gasteiger partial charge in [-0.05, 0) is 97.6 Å². The Hall–Kier alpha value is -2.43. The molecule has 5 saturated carbocycles. The van der Waals surface area contributed by atoms with Crippen molar-refractivity contribution in [3.05, 3.63) is 46.7 Å². The molecular weight excluding hydrogens is 508 g/mol. The van der Waals surface area contributed by atoms with Gasteiger partial charge in [-0.2, -0.15) is 4.58 Å². The molecule has 1 aliphatic heterocycles. The number of nitrogens with one attached hydrogen (secondary N) is 1. The molecule has 5 aliphatic carbocycles. The molecule has 41 heavy (non-hydrogen) atoms. The van der Waals surface area contributed by atoms with Gasteiger partial charge in [0.1, 0.15) is 7.05 Å². The van der Waals surface area contributed by atoms with Gasteiger partial charge in [0.15, 0.2) is 5.71 Å². The highest BCUT2D eigenvalue weighted by Gasteiger charge is 2.54. The van der Waals surface area contributed by atoms with E-state index in [9.17, 15) is 14.7 Å². The average molecular weight is 560 g/mol. The third kappa shape index (κ3) is 5.31. The van der Waals surface area contributed by atoms with Crippen LogP contribution in [-0.2, 0) is 20.4 Å². The lowest BCUT2D eigenvalue weighted by Gasteiger charge is -2.51. The Kier molecular flexibility index (Phi) is 7.06. The zero-order chi connectivity index (χ0) is 29.2. The van der Waals surface area contributed by atoms with Crippen molar-refractivity contribution in [2.45, 2.75) is 140 Å². The van der Waals surface area contributed by atoms with E-state index in [1.807, 2.05) is 0 Å². The highest BCUT2D eigenvalue weighted by atomic mass is 16.4. The number of nitrogens with zero attached hydrogens (tertiary/aromatic N) is 1. The van der Waals surface area contributed by atoms with Gasteiger partial charge in [0.2, 0.25) is 0 Å². The van der Waals surface area contributed by atoms with Gasteiger partial charge in [-0.15, -0.1) is 0 Å². The number of likely N-dealkylation sites (N-methyl/N-ethyl adjacent to an activating group) is 1. The fraction of sp³-hybridized carbons (Fsp3) is 0.694. The lowest BCUT2D eigenvalue weighted by atomic mass is 9.57. The first-order valence-electron chi connectivity index (χ1n) is 16.4. The summed E-state index contributed by atoms with van der Waals surface area (Å²) in [7, 11) is 2.11. The Bertz CT molecular complexity index is 1250. The van der Waals surface area contributed by atoms with Crippen molar-refractivity contribution < 1.29 is 19.3 Å². The number of carbonyl (C=O) groups is 2. The van der Waals surface area contributed by atoms with Gasteiger partial charge in [0.05, 0.1) is 11.3 Å². The highest BCUT2D eigenvalue weighted by molar-refractivity contribution is 5.99. The molecular formula is C36H51N2O3+. The summed E-state index contributed by atoms with van der Waals surface area (Å²) in [6.45, 7) is 9.31. The molecule has 0 aromatic heterocycles. The summed E-state index contributed by atoms with van der Waals surface area (Å²) in [5, 5.41) is 13.3. The van der Waals surface area contributed by atoms with E-state index in [1.165, 1.54) is 67.3 Å². The van der Waals surface area contributed by atoms with Crippen LogP contribution in [0.4, 0.5) is 0 Å². The SMILES string of the molecule is C[N+]1=C(CC2CCCCC2)C(c2cc(C(C)(C)C)cc(C3(C)CC3)c2)C=C1C(=O)NC12CCC(C(=O)O)(CC1)CC2. The zero-order valence-electron chi connectivity index (χ0n) is 26.1. The van der Waals surface area contributed by atoms with E-state index in [0.29, 0.717) is 25.2 Å². The Labute approximate surface area is 246 Å². The van der Waals surface area contributed by atoms with E-state index in [1.54, 1.807) is 0 Å². The number of allylic oxidation sites excluding steroid dienone is 1. The van der Waals surface area contributed by atoms with Crippen LogP contribution in [0.25, 0.3) is 0 Å². The quantitative estimate of drug-likeness (QED) is 0.343. The van der Waals surface area contributed by atoms with Crippen LogP contribution in [0.1, 0.15) is 140 Å². The number of carboxylic acid groups (broad SMARTS) is 1. The number of aliphatic carboxylic acids is 1. The summed E-state index contributed by atoms with van der Waals surface area (Å²) in [5.41, 5.74) is 5.81. The van der Waals surface area contributed by atoms with Gasteiger partial charge in [-0.1, -0.05) is 65.2 Å². The lowest BCUT2D eigenvalue weighted by Crippen LogP contribution is -2.58. The molecule has 2 N–H and O–H groups in total. The summed E-state index contributed by atoms with van der Waals surface area (Å²) >= 11 is 0. The zero-order valence-corrected chi connectivity index (χ0v) is 26.1. The normalized spacial score (nSPS) is 31.2. The number of fused-ring (bicyclic) bond motifs is 3. The predicted octanol–water partition coefficient (Wildman–Crippen LogP) is 7.36. The van der Waals surface area contributed by atoms with Crippen molar-refractivity contribution in [2.75, 3.05) is 7.05 Å². The van der Waals surface area contributed by atoms with Gasteiger partial charge in [-0.25, -0.2) is 0 Å². The molecule has 6 aliphatic rings. The number of hydrogen-bond donors (Lipinski definition) is 2. The van der Waals surface area contributed by atoms with Crippen molar-refractivity contribution in [1.82, 2.24) is 5.32 Å². The first-order chi connectivity index (χ1) is 19.3. The van der Waals surface area contributed by atoms with Crippen LogP contribution in [0.3, 0.4) is 0 Å². The maximum absolute atomic E-state index is 14.0. The van der Waals surface area contributed by atoms with Crippen LogP contribution < -0.4 is 5.32 Å². The van der Waals surface area contributed by atoms with Crippen LogP contribution in [0.5, 0.6) is 0 Å². The minimum Gasteiger partial charge on any atom is -0.481 e. The van der Waals surface area contributed by atoms with Crippen molar-refractivity contribution >= 4 is 17.6 Å². The van der Waals surface area contributed by atoms with Gasteiger partial charge in [-0.3, -0.25) is 9.59 Å². The van der Waals surface area contributed by atoms with Gasteiger partial charge >= 0.3 is 11.9 Å². The first-order valence-corrected chi connectivity index (χ1v) is 16.4. The van der Waals surface area contributed by atoms with Gasteiger partial charge in [0.25, 0.3) is 5.70 Å². The van der Waals surface area contributed by atoms with E-state index in [-0.39, 0.29) is 28.2 Å². The molecule has 1 amide bonds. The summed E-state index contributed by atoms with van der Waals surface area (Å²) in [6.07, 6.45) is 16.6. The molecule has 0 saturated heterocycles. The molecule has 2 bridgehead atoms. The Morgan fingerprint density at radius 1 is 0.951 bits per heavy atom. The summed E-state index contributed by atoms with van der Waals surface area (Å²) in [4.78, 5) is 26.0. The van der Waals surface area contributed by atoms with Crippen molar-refractivity contribution in [3.8, 4) is 0 Å². The number of rotatable bonds is 7. The molecule has 5 fully saturated rings. The third-order valence-electron chi connectivity index (χ3n) is 11.9. The van der Waals surface area contributed by atoms with Crippen LogP contribution in [0, 0.1) is 11.3 Å². The third-order valence-corrected chi connectivity index (χ3v) is 11.9. The minimum atomic E-state index is -0.655. The second kappa shape index (κ2) is 10.1. The summed E-state index contributed by atoms with van der Waals surface area (Å²) in [5.74, 6) is 0.158. The molecule has 0 radical (unpaired) electrons. The van der Waals surface area contributed by atoms with Gasteiger partial charge < -0.3 is 10.4 Å². The summed E-state index contributed by atoms with van der Waals surface area (Å²) in [6, 6.07) is 7.31. The Morgan fingerprint density at radius 2 is 1.59 bits per heavy atom. The molecule has 0 spiro atoms. The number of carboxylic acids is 1. The molecule has 7 rings (SSSR count). The van der Waals surface area contributed by atoms with Crippen molar-refractivity contribution in [2.24, 2.45) is 11.3 Å². The Morgan fingerprint density at radius 3 is 2.15 bits per heavy atom. The Balaban J connectivity index is 1.33. The molecule has 5 nitrogen and oxygen atoms in total. The second-order valence-electron chi connectivity index (χ2n) is 15.8. The summed E-state index contributed by atoms with van der Waals surface area (Å²) < 4.78 is 2.22. The smallest absolute Gasteiger partial charge is 0.316 e. The van der Waals surface area contributed by atoms with Crippen LogP contribution in [0.2, 0.25) is 0 Å². The van der Waals surface area contributed by atoms with Crippen LogP contribution >= 0.6 is 0 Å². The lowest BCUT2D eigenvalue weighted by molar-refractivity contribution is -0.436. The van der Waals surface area contributed by atoms with E-state index in [4.69, 9.17) is 0 Å². The van der Waals surface area contributed by atoms with E-state index in [0.717, 1.165) is 31.4 Å². The average Bonchev–Trinajstić information content (AvgIpc) is 3.63. The molecule has 1 atom stereocenters. The van der Waals surface area contributed by atoms with Crippen molar-refractivity contribution in [3.63, 3.8) is 0 Å². The topological polar surface area (TPSA) is 69.4 Å². The molecule has 5 heteroatoms. The van der Waals surface area contributed by atoms with E-state index >= 15 is 0 Å².